The van der Waals surface area contributed by atoms with Crippen LogP contribution in [-0.4, -0.2) is 6.29 Å². The average molecular weight is 168 g/mol. The van der Waals surface area contributed by atoms with Crippen molar-refractivity contribution in [3.63, 3.8) is 0 Å². The van der Waals surface area contributed by atoms with Gasteiger partial charge < -0.3 is 4.79 Å². The number of carbonyl (C=O) groups is 1. The van der Waals surface area contributed by atoms with Crippen molar-refractivity contribution in [2.75, 3.05) is 0 Å². The minimum atomic E-state index is 0.400. The Kier molecular flexibility index (Phi) is 4.34. The summed E-state index contributed by atoms with van der Waals surface area (Å²) in [5.41, 5.74) is 0. The predicted molar refractivity (Wildman–Crippen MR) is 51.0 cm³/mol. The lowest BCUT2D eigenvalue weighted by Crippen LogP contribution is -1.97. The SMILES string of the molecule is CCCCCC1CCC(C=O)C1. The van der Waals surface area contributed by atoms with Gasteiger partial charge in [0.25, 0.3) is 0 Å². The van der Waals surface area contributed by atoms with Crippen LogP contribution in [0.25, 0.3) is 0 Å². The first-order chi connectivity index (χ1) is 5.86. The Labute approximate surface area is 75.5 Å². The molecule has 1 aliphatic rings. The molecule has 2 unspecified atom stereocenters. The Morgan fingerprint density at radius 2 is 2.17 bits per heavy atom. The standard InChI is InChI=1S/C11H20O/c1-2-3-4-5-10-6-7-11(8-10)9-12/h9-11H,2-8H2,1H3. The highest BCUT2D eigenvalue weighted by Gasteiger charge is 2.23. The third-order valence-electron chi connectivity index (χ3n) is 2.99. The van der Waals surface area contributed by atoms with Crippen molar-refractivity contribution in [2.45, 2.75) is 51.9 Å². The second-order valence-electron chi connectivity index (χ2n) is 4.07. The molecule has 0 aromatic rings. The molecule has 1 fully saturated rings. The molecular weight excluding hydrogens is 148 g/mol. The van der Waals surface area contributed by atoms with E-state index < -0.39 is 0 Å². The zero-order valence-electron chi connectivity index (χ0n) is 8.09. The first kappa shape index (κ1) is 9.76. The molecule has 1 saturated carbocycles. The fourth-order valence-electron chi connectivity index (χ4n) is 2.18. The molecular formula is C11H20O. The van der Waals surface area contributed by atoms with Gasteiger partial charge in [-0.15, -0.1) is 0 Å². The Bertz CT molecular complexity index is 131. The molecule has 1 rings (SSSR count). The maximum Gasteiger partial charge on any atom is 0.123 e. The summed E-state index contributed by atoms with van der Waals surface area (Å²) in [7, 11) is 0. The van der Waals surface area contributed by atoms with Gasteiger partial charge in [-0.3, -0.25) is 0 Å². The molecule has 1 nitrogen and oxygen atoms in total. The van der Waals surface area contributed by atoms with Crippen molar-refractivity contribution in [1.29, 1.82) is 0 Å². The second kappa shape index (κ2) is 5.34. The van der Waals surface area contributed by atoms with E-state index in [1.54, 1.807) is 0 Å². The van der Waals surface area contributed by atoms with Crippen LogP contribution in [0.3, 0.4) is 0 Å². The Balaban J connectivity index is 2.06. The van der Waals surface area contributed by atoms with E-state index in [0.717, 1.165) is 18.6 Å². The zero-order valence-corrected chi connectivity index (χ0v) is 8.09. The fraction of sp³-hybridized carbons (Fsp3) is 0.909. The summed E-state index contributed by atoms with van der Waals surface area (Å²) >= 11 is 0. The molecule has 0 spiro atoms. The van der Waals surface area contributed by atoms with Gasteiger partial charge in [0.2, 0.25) is 0 Å². The molecule has 0 radical (unpaired) electrons. The number of hydrogen-bond donors (Lipinski definition) is 0. The van der Waals surface area contributed by atoms with Gasteiger partial charge in [-0.2, -0.15) is 0 Å². The summed E-state index contributed by atoms with van der Waals surface area (Å²) in [6.07, 6.45) is 10.2. The number of carbonyl (C=O) groups excluding carboxylic acids is 1. The van der Waals surface area contributed by atoms with Crippen LogP contribution in [0.1, 0.15) is 51.9 Å². The molecule has 1 heteroatoms. The first-order valence-electron chi connectivity index (χ1n) is 5.32. The van der Waals surface area contributed by atoms with Crippen LogP contribution in [0.2, 0.25) is 0 Å². The van der Waals surface area contributed by atoms with Crippen LogP contribution in [0.4, 0.5) is 0 Å². The molecule has 0 saturated heterocycles. The van der Waals surface area contributed by atoms with Gasteiger partial charge in [0.15, 0.2) is 0 Å². The van der Waals surface area contributed by atoms with Crippen molar-refractivity contribution < 1.29 is 4.79 Å². The smallest absolute Gasteiger partial charge is 0.123 e. The normalized spacial score (nSPS) is 29.1. The molecule has 0 aromatic heterocycles. The Hall–Kier alpha value is -0.330. The minimum absolute atomic E-state index is 0.400. The van der Waals surface area contributed by atoms with Crippen LogP contribution in [0.15, 0.2) is 0 Å². The molecule has 0 N–H and O–H groups in total. The van der Waals surface area contributed by atoms with Gasteiger partial charge in [0, 0.05) is 5.92 Å². The second-order valence-corrected chi connectivity index (χ2v) is 4.07. The van der Waals surface area contributed by atoms with Crippen molar-refractivity contribution in [2.24, 2.45) is 11.8 Å². The highest BCUT2D eigenvalue weighted by atomic mass is 16.1. The Morgan fingerprint density at radius 1 is 1.33 bits per heavy atom. The van der Waals surface area contributed by atoms with Crippen LogP contribution in [0, 0.1) is 11.8 Å². The monoisotopic (exact) mass is 168 g/mol. The van der Waals surface area contributed by atoms with Crippen LogP contribution in [0.5, 0.6) is 0 Å². The van der Waals surface area contributed by atoms with E-state index in [1.165, 1.54) is 38.5 Å². The van der Waals surface area contributed by atoms with Gasteiger partial charge in [-0.25, -0.2) is 0 Å². The molecule has 12 heavy (non-hydrogen) atoms. The van der Waals surface area contributed by atoms with Crippen molar-refractivity contribution in [1.82, 2.24) is 0 Å². The average Bonchev–Trinajstić information content (AvgIpc) is 2.53. The van der Waals surface area contributed by atoms with Crippen molar-refractivity contribution in [3.8, 4) is 0 Å². The van der Waals surface area contributed by atoms with Crippen LogP contribution >= 0.6 is 0 Å². The largest absolute Gasteiger partial charge is 0.303 e. The molecule has 0 aromatic carbocycles. The van der Waals surface area contributed by atoms with Gasteiger partial charge in [-0.1, -0.05) is 32.6 Å². The first-order valence-corrected chi connectivity index (χ1v) is 5.32. The van der Waals surface area contributed by atoms with Crippen LogP contribution < -0.4 is 0 Å². The van der Waals surface area contributed by atoms with E-state index in [1.807, 2.05) is 0 Å². The quantitative estimate of drug-likeness (QED) is 0.455. The summed E-state index contributed by atoms with van der Waals surface area (Å²) in [6.45, 7) is 2.24. The summed E-state index contributed by atoms with van der Waals surface area (Å²) in [6, 6.07) is 0. The Morgan fingerprint density at radius 3 is 2.75 bits per heavy atom. The fourth-order valence-corrected chi connectivity index (χ4v) is 2.18. The maximum absolute atomic E-state index is 10.5. The van der Waals surface area contributed by atoms with E-state index in [9.17, 15) is 4.79 Å². The number of rotatable bonds is 5. The topological polar surface area (TPSA) is 17.1 Å². The summed E-state index contributed by atoms with van der Waals surface area (Å²) in [5.74, 6) is 1.27. The number of aldehydes is 1. The van der Waals surface area contributed by atoms with Gasteiger partial charge in [-0.05, 0) is 25.2 Å². The molecule has 0 bridgehead atoms. The molecule has 1 aliphatic carbocycles. The van der Waals surface area contributed by atoms with Gasteiger partial charge >= 0.3 is 0 Å². The summed E-state index contributed by atoms with van der Waals surface area (Å²) < 4.78 is 0. The van der Waals surface area contributed by atoms with Crippen molar-refractivity contribution >= 4 is 6.29 Å². The molecule has 2 atom stereocenters. The van der Waals surface area contributed by atoms with E-state index in [4.69, 9.17) is 0 Å². The lowest BCUT2D eigenvalue weighted by Gasteiger charge is -2.07. The third kappa shape index (κ3) is 2.96. The molecule has 0 aliphatic heterocycles. The predicted octanol–water partition coefficient (Wildman–Crippen LogP) is 3.18. The van der Waals surface area contributed by atoms with E-state index in [-0.39, 0.29) is 0 Å². The third-order valence-corrected chi connectivity index (χ3v) is 2.99. The van der Waals surface area contributed by atoms with Crippen molar-refractivity contribution in [3.05, 3.63) is 0 Å². The highest BCUT2D eigenvalue weighted by Crippen LogP contribution is 2.32. The molecule has 0 heterocycles. The number of unbranched alkanes of at least 4 members (excludes halogenated alkanes) is 2. The number of hydrogen-bond acceptors (Lipinski definition) is 1. The zero-order chi connectivity index (χ0) is 8.81. The summed E-state index contributed by atoms with van der Waals surface area (Å²) in [4.78, 5) is 10.5. The maximum atomic E-state index is 10.5. The van der Waals surface area contributed by atoms with E-state index >= 15 is 0 Å². The van der Waals surface area contributed by atoms with Gasteiger partial charge in [0.1, 0.15) is 6.29 Å². The lowest BCUT2D eigenvalue weighted by molar-refractivity contribution is -0.111. The molecule has 0 amide bonds. The highest BCUT2D eigenvalue weighted by molar-refractivity contribution is 5.53. The van der Waals surface area contributed by atoms with Crippen LogP contribution in [-0.2, 0) is 4.79 Å². The van der Waals surface area contributed by atoms with Gasteiger partial charge in [0.05, 0.1) is 0 Å². The summed E-state index contributed by atoms with van der Waals surface area (Å²) in [5, 5.41) is 0. The lowest BCUT2D eigenvalue weighted by atomic mass is 9.99. The van der Waals surface area contributed by atoms with E-state index in [2.05, 4.69) is 6.92 Å². The minimum Gasteiger partial charge on any atom is -0.303 e. The van der Waals surface area contributed by atoms with E-state index in [0.29, 0.717) is 5.92 Å². The molecule has 70 valence electrons.